The Bertz CT molecular complexity index is 973. The Balaban J connectivity index is 1.39. The van der Waals surface area contributed by atoms with Crippen LogP contribution >= 0.6 is 0 Å². The van der Waals surface area contributed by atoms with E-state index in [4.69, 9.17) is 0 Å². The molecule has 0 bridgehead atoms. The van der Waals surface area contributed by atoms with E-state index in [9.17, 15) is 18.0 Å². The Morgan fingerprint density at radius 2 is 2.14 bits per heavy atom. The van der Waals surface area contributed by atoms with Crippen molar-refractivity contribution in [1.29, 1.82) is 0 Å². The van der Waals surface area contributed by atoms with Crippen molar-refractivity contribution >= 4 is 11.7 Å². The molecule has 1 amide bonds. The number of carbonyl (C=O) groups excluding carboxylic acids is 1. The maximum absolute atomic E-state index is 13.0. The van der Waals surface area contributed by atoms with Gasteiger partial charge in [0.25, 0.3) is 11.7 Å². The van der Waals surface area contributed by atoms with Crippen LogP contribution in [0, 0.1) is 0 Å². The maximum Gasteiger partial charge on any atom is 0.435 e. The molecular weight excluding hydrogens is 375 g/mol. The lowest BCUT2D eigenvalue weighted by Crippen LogP contribution is -2.27. The number of rotatable bonds is 6. The monoisotopic (exact) mass is 393 g/mol. The molecule has 3 heterocycles. The van der Waals surface area contributed by atoms with E-state index >= 15 is 0 Å². The first-order valence-electron chi connectivity index (χ1n) is 8.95. The average molecular weight is 393 g/mol. The molecule has 1 saturated carbocycles. The molecule has 1 fully saturated rings. The van der Waals surface area contributed by atoms with Crippen LogP contribution in [0.3, 0.4) is 0 Å². The van der Waals surface area contributed by atoms with Gasteiger partial charge in [0.15, 0.2) is 5.69 Å². The first-order chi connectivity index (χ1) is 13.3. The Hall–Kier alpha value is -2.98. The number of fused-ring (bicyclic) bond motifs is 1. The molecule has 1 aliphatic carbocycles. The number of nitrogens with one attached hydrogen (secondary N) is 1. The number of nitrogens with zero attached hydrogens (tertiary/aromatic N) is 6. The second-order valence-corrected chi connectivity index (χ2v) is 6.86. The van der Waals surface area contributed by atoms with Gasteiger partial charge in [-0.3, -0.25) is 9.48 Å². The third-order valence-corrected chi connectivity index (χ3v) is 4.64. The van der Waals surface area contributed by atoms with E-state index in [0.29, 0.717) is 17.9 Å². The number of aromatic nitrogens is 6. The van der Waals surface area contributed by atoms with Crippen LogP contribution in [0.1, 0.15) is 60.2 Å². The minimum atomic E-state index is -4.47. The first kappa shape index (κ1) is 18.4. The lowest BCUT2D eigenvalue weighted by Gasteiger charge is -2.15. The van der Waals surface area contributed by atoms with E-state index in [1.165, 1.54) is 9.20 Å². The van der Waals surface area contributed by atoms with Gasteiger partial charge in [0, 0.05) is 30.6 Å². The highest BCUT2D eigenvalue weighted by atomic mass is 19.4. The molecular formula is C17H18F3N7O. The summed E-state index contributed by atoms with van der Waals surface area (Å²) in [4.78, 5) is 20.2. The summed E-state index contributed by atoms with van der Waals surface area (Å²) in [6, 6.07) is 2.52. The summed E-state index contributed by atoms with van der Waals surface area (Å²) < 4.78 is 41.9. The van der Waals surface area contributed by atoms with Crippen molar-refractivity contribution in [3.8, 4) is 0 Å². The summed E-state index contributed by atoms with van der Waals surface area (Å²) in [5, 5.41) is 10.5. The summed E-state index contributed by atoms with van der Waals surface area (Å²) in [7, 11) is 0. The van der Waals surface area contributed by atoms with Gasteiger partial charge in [-0.15, -0.1) is 5.10 Å². The molecule has 28 heavy (non-hydrogen) atoms. The molecule has 8 nitrogen and oxygen atoms in total. The minimum absolute atomic E-state index is 0.0107. The van der Waals surface area contributed by atoms with Crippen LogP contribution in [0.5, 0.6) is 0 Å². The van der Waals surface area contributed by atoms with Gasteiger partial charge in [0.2, 0.25) is 5.82 Å². The van der Waals surface area contributed by atoms with E-state index in [2.05, 4.69) is 25.5 Å². The largest absolute Gasteiger partial charge is 0.435 e. The van der Waals surface area contributed by atoms with Crippen LogP contribution in [0.25, 0.3) is 5.78 Å². The van der Waals surface area contributed by atoms with Crippen LogP contribution in [-0.2, 0) is 6.18 Å². The SMILES string of the molecule is C[C@H](CCNC(=O)c1nc2ncccn2n1)n1nc(C(F)(F)F)cc1C1CC1. The second kappa shape index (κ2) is 6.88. The van der Waals surface area contributed by atoms with E-state index in [-0.39, 0.29) is 24.3 Å². The van der Waals surface area contributed by atoms with Gasteiger partial charge in [-0.1, -0.05) is 0 Å². The Kier molecular flexibility index (Phi) is 4.52. The zero-order chi connectivity index (χ0) is 19.9. The van der Waals surface area contributed by atoms with E-state index < -0.39 is 17.8 Å². The standard InChI is InChI=1S/C17H18F3N7O/c1-10(27-12(11-3-4-11)9-13(24-27)17(18,19)20)5-7-21-15(28)14-23-16-22-6-2-8-26(16)25-14/h2,6,8-11H,3-5,7H2,1H3,(H,21,28)/t10-/m1/s1. The molecule has 1 atom stereocenters. The van der Waals surface area contributed by atoms with Crippen molar-refractivity contribution in [2.24, 2.45) is 0 Å². The zero-order valence-corrected chi connectivity index (χ0v) is 15.0. The van der Waals surface area contributed by atoms with Gasteiger partial charge >= 0.3 is 6.18 Å². The normalized spacial score (nSPS) is 15.7. The van der Waals surface area contributed by atoms with Crippen LogP contribution in [-0.4, -0.2) is 41.8 Å². The molecule has 0 saturated heterocycles. The molecule has 1 aliphatic rings. The summed E-state index contributed by atoms with van der Waals surface area (Å²) >= 11 is 0. The summed E-state index contributed by atoms with van der Waals surface area (Å²) in [5.41, 5.74) is -0.258. The molecule has 11 heteroatoms. The summed E-state index contributed by atoms with van der Waals surface area (Å²) in [5.74, 6) is -0.0262. The van der Waals surface area contributed by atoms with Gasteiger partial charge in [0.1, 0.15) is 0 Å². The Labute approximate surface area is 157 Å². The van der Waals surface area contributed by atoms with Crippen molar-refractivity contribution in [2.75, 3.05) is 6.54 Å². The topological polar surface area (TPSA) is 90.0 Å². The fourth-order valence-corrected chi connectivity index (χ4v) is 3.01. The lowest BCUT2D eigenvalue weighted by atomic mass is 10.2. The predicted molar refractivity (Wildman–Crippen MR) is 91.6 cm³/mol. The van der Waals surface area contributed by atoms with Gasteiger partial charge < -0.3 is 5.32 Å². The van der Waals surface area contributed by atoms with Crippen molar-refractivity contribution in [3.05, 3.63) is 41.7 Å². The summed E-state index contributed by atoms with van der Waals surface area (Å²) in [6.07, 6.45) is 0.884. The lowest BCUT2D eigenvalue weighted by molar-refractivity contribution is -0.141. The van der Waals surface area contributed by atoms with Crippen molar-refractivity contribution in [2.45, 2.75) is 44.3 Å². The average Bonchev–Trinajstić information content (AvgIpc) is 3.23. The van der Waals surface area contributed by atoms with Crippen LogP contribution in [0.2, 0.25) is 0 Å². The van der Waals surface area contributed by atoms with Gasteiger partial charge in [-0.25, -0.2) is 9.50 Å². The molecule has 0 aliphatic heterocycles. The molecule has 0 unspecified atom stereocenters. The second-order valence-electron chi connectivity index (χ2n) is 6.86. The number of amides is 1. The Morgan fingerprint density at radius 1 is 1.36 bits per heavy atom. The number of alkyl halides is 3. The van der Waals surface area contributed by atoms with Gasteiger partial charge in [-0.2, -0.15) is 23.3 Å². The van der Waals surface area contributed by atoms with Crippen molar-refractivity contribution in [3.63, 3.8) is 0 Å². The molecule has 0 spiro atoms. The van der Waals surface area contributed by atoms with Crippen molar-refractivity contribution < 1.29 is 18.0 Å². The number of hydrogen-bond acceptors (Lipinski definition) is 5. The van der Waals surface area contributed by atoms with Crippen LogP contribution in [0.4, 0.5) is 13.2 Å². The van der Waals surface area contributed by atoms with Crippen LogP contribution < -0.4 is 5.32 Å². The molecule has 0 radical (unpaired) electrons. The highest BCUT2D eigenvalue weighted by Gasteiger charge is 2.38. The predicted octanol–water partition coefficient (Wildman–Crippen LogP) is 2.60. The molecule has 1 N–H and O–H groups in total. The molecule has 148 valence electrons. The fourth-order valence-electron chi connectivity index (χ4n) is 3.01. The van der Waals surface area contributed by atoms with Gasteiger partial charge in [-0.05, 0) is 38.3 Å². The zero-order valence-electron chi connectivity index (χ0n) is 15.0. The molecule has 3 aromatic heterocycles. The van der Waals surface area contributed by atoms with E-state index in [0.717, 1.165) is 18.9 Å². The smallest absolute Gasteiger partial charge is 0.349 e. The number of carbonyl (C=O) groups is 1. The van der Waals surface area contributed by atoms with E-state index in [1.807, 2.05) is 0 Å². The third-order valence-electron chi connectivity index (χ3n) is 4.64. The molecule has 3 aromatic rings. The van der Waals surface area contributed by atoms with E-state index in [1.54, 1.807) is 25.4 Å². The Morgan fingerprint density at radius 3 is 2.82 bits per heavy atom. The third kappa shape index (κ3) is 3.69. The van der Waals surface area contributed by atoms with Crippen molar-refractivity contribution in [1.82, 2.24) is 34.7 Å². The fraction of sp³-hybridized carbons (Fsp3) is 0.471. The summed E-state index contributed by atoms with van der Waals surface area (Å²) in [6.45, 7) is 2.05. The minimum Gasteiger partial charge on any atom is -0.349 e. The molecule has 4 rings (SSSR count). The first-order valence-corrected chi connectivity index (χ1v) is 8.95. The quantitative estimate of drug-likeness (QED) is 0.695. The van der Waals surface area contributed by atoms with Crippen LogP contribution in [0.15, 0.2) is 24.5 Å². The maximum atomic E-state index is 13.0. The number of halogens is 3. The highest BCUT2D eigenvalue weighted by Crippen LogP contribution is 2.43. The highest BCUT2D eigenvalue weighted by molar-refractivity contribution is 5.90. The van der Waals surface area contributed by atoms with Gasteiger partial charge in [0.05, 0.1) is 6.04 Å². The number of hydrogen-bond donors (Lipinski definition) is 1. The molecule has 0 aromatic carbocycles.